The normalized spacial score (nSPS) is 9.50. The lowest BCUT2D eigenvalue weighted by Crippen LogP contribution is -2.26. The van der Waals surface area contributed by atoms with E-state index in [-0.39, 0.29) is 12.5 Å². The molecule has 0 N–H and O–H groups in total. The Kier molecular flexibility index (Phi) is 3.66. The molecule has 1 amide bonds. The van der Waals surface area contributed by atoms with Crippen LogP contribution in [0.4, 0.5) is 0 Å². The van der Waals surface area contributed by atoms with Crippen molar-refractivity contribution in [2.75, 3.05) is 13.6 Å². The molecule has 0 saturated heterocycles. The average Bonchev–Trinajstić information content (AvgIpc) is 2.65. The van der Waals surface area contributed by atoms with Crippen molar-refractivity contribution in [3.05, 3.63) is 21.9 Å². The van der Waals surface area contributed by atoms with E-state index in [2.05, 4.69) is 6.92 Å². The quantitative estimate of drug-likeness (QED) is 0.712. The first-order valence-corrected chi connectivity index (χ1v) is 5.21. The van der Waals surface area contributed by atoms with Crippen molar-refractivity contribution in [1.82, 2.24) is 4.90 Å². The lowest BCUT2D eigenvalue weighted by Gasteiger charge is -2.10. The molecular weight excluding hydrogens is 196 g/mol. The molecule has 74 valence electrons. The fraction of sp³-hybridized carbons (Fsp3) is 0.400. The lowest BCUT2D eigenvalue weighted by molar-refractivity contribution is 0.0816. The van der Waals surface area contributed by atoms with Crippen LogP contribution in [-0.4, -0.2) is 24.4 Å². The third-order valence-corrected chi connectivity index (χ3v) is 3.09. The number of rotatable bonds is 3. The van der Waals surface area contributed by atoms with Gasteiger partial charge in [-0.2, -0.15) is 5.26 Å². The Morgan fingerprint density at radius 3 is 2.86 bits per heavy atom. The smallest absolute Gasteiger partial charge is 0.264 e. The molecular formula is C10H12N2OS. The molecule has 0 aliphatic carbocycles. The summed E-state index contributed by atoms with van der Waals surface area (Å²) in [6, 6.07) is 5.72. The number of nitrogens with zero attached hydrogens (tertiary/aromatic N) is 2. The van der Waals surface area contributed by atoms with E-state index in [4.69, 9.17) is 5.26 Å². The van der Waals surface area contributed by atoms with E-state index in [1.54, 1.807) is 7.05 Å². The maximum atomic E-state index is 11.6. The summed E-state index contributed by atoms with van der Waals surface area (Å²) in [6.07, 6.45) is 0.944. The highest BCUT2D eigenvalue weighted by Gasteiger charge is 2.12. The number of aryl methyl sites for hydroxylation is 1. The highest BCUT2D eigenvalue weighted by molar-refractivity contribution is 7.14. The Morgan fingerprint density at radius 1 is 1.64 bits per heavy atom. The van der Waals surface area contributed by atoms with Gasteiger partial charge in [0.05, 0.1) is 10.9 Å². The van der Waals surface area contributed by atoms with Gasteiger partial charge in [-0.25, -0.2) is 0 Å². The predicted octanol–water partition coefficient (Wildman–Crippen LogP) is 1.91. The van der Waals surface area contributed by atoms with Crippen LogP contribution in [-0.2, 0) is 6.42 Å². The Morgan fingerprint density at radius 2 is 2.36 bits per heavy atom. The zero-order chi connectivity index (χ0) is 10.6. The molecule has 1 aromatic heterocycles. The standard InChI is InChI=1S/C10H12N2OS/c1-3-8-4-5-9(14-8)10(13)12(2)7-6-11/h4-5H,3,7H2,1-2H3. The van der Waals surface area contributed by atoms with Crippen LogP contribution in [0.25, 0.3) is 0 Å². The van der Waals surface area contributed by atoms with Gasteiger partial charge in [0, 0.05) is 11.9 Å². The van der Waals surface area contributed by atoms with Crippen molar-refractivity contribution < 1.29 is 4.79 Å². The molecule has 1 rings (SSSR count). The summed E-state index contributed by atoms with van der Waals surface area (Å²) in [6.45, 7) is 2.19. The Bertz CT molecular complexity index is 364. The molecule has 3 nitrogen and oxygen atoms in total. The summed E-state index contributed by atoms with van der Waals surface area (Å²) < 4.78 is 0. The van der Waals surface area contributed by atoms with Crippen molar-refractivity contribution in [2.45, 2.75) is 13.3 Å². The highest BCUT2D eigenvalue weighted by atomic mass is 32.1. The summed E-state index contributed by atoms with van der Waals surface area (Å²) in [7, 11) is 1.64. The van der Waals surface area contributed by atoms with E-state index in [0.29, 0.717) is 4.88 Å². The molecule has 1 aromatic rings. The van der Waals surface area contributed by atoms with Gasteiger partial charge in [-0.05, 0) is 18.6 Å². The van der Waals surface area contributed by atoms with Crippen molar-refractivity contribution in [2.24, 2.45) is 0 Å². The summed E-state index contributed by atoms with van der Waals surface area (Å²) in [5.41, 5.74) is 0. The Labute approximate surface area is 87.6 Å². The fourth-order valence-corrected chi connectivity index (χ4v) is 1.99. The number of carbonyl (C=O) groups is 1. The van der Waals surface area contributed by atoms with Crippen LogP contribution in [0.15, 0.2) is 12.1 Å². The SMILES string of the molecule is CCc1ccc(C(=O)N(C)CC#N)s1. The van der Waals surface area contributed by atoms with E-state index in [1.807, 2.05) is 18.2 Å². The second-order valence-electron chi connectivity index (χ2n) is 2.94. The van der Waals surface area contributed by atoms with Crippen LogP contribution in [0.3, 0.4) is 0 Å². The average molecular weight is 208 g/mol. The van der Waals surface area contributed by atoms with Crippen molar-refractivity contribution in [3.8, 4) is 6.07 Å². The second-order valence-corrected chi connectivity index (χ2v) is 4.11. The van der Waals surface area contributed by atoms with E-state index in [0.717, 1.165) is 6.42 Å². The summed E-state index contributed by atoms with van der Waals surface area (Å²) in [4.78, 5) is 15.0. The molecule has 0 bridgehead atoms. The van der Waals surface area contributed by atoms with Gasteiger partial charge in [0.15, 0.2) is 0 Å². The van der Waals surface area contributed by atoms with E-state index in [1.165, 1.54) is 21.1 Å². The van der Waals surface area contributed by atoms with E-state index < -0.39 is 0 Å². The molecule has 0 radical (unpaired) electrons. The second kappa shape index (κ2) is 4.77. The Balaban J connectivity index is 2.74. The maximum absolute atomic E-state index is 11.6. The van der Waals surface area contributed by atoms with Crippen LogP contribution >= 0.6 is 11.3 Å². The van der Waals surface area contributed by atoms with Gasteiger partial charge in [-0.3, -0.25) is 4.79 Å². The molecule has 0 aliphatic rings. The van der Waals surface area contributed by atoms with E-state index >= 15 is 0 Å². The minimum atomic E-state index is -0.0729. The number of hydrogen-bond acceptors (Lipinski definition) is 3. The van der Waals surface area contributed by atoms with Crippen molar-refractivity contribution in [1.29, 1.82) is 5.26 Å². The van der Waals surface area contributed by atoms with E-state index in [9.17, 15) is 4.79 Å². The molecule has 0 spiro atoms. The molecule has 0 aromatic carbocycles. The van der Waals surface area contributed by atoms with Gasteiger partial charge in [-0.1, -0.05) is 6.92 Å². The molecule has 0 saturated carbocycles. The number of amides is 1. The third kappa shape index (κ3) is 2.33. The van der Waals surface area contributed by atoms with Gasteiger partial charge in [0.1, 0.15) is 6.54 Å². The number of carbonyl (C=O) groups excluding carboxylic acids is 1. The topological polar surface area (TPSA) is 44.1 Å². The number of thiophene rings is 1. The van der Waals surface area contributed by atoms with Gasteiger partial charge >= 0.3 is 0 Å². The first-order chi connectivity index (χ1) is 6.69. The summed E-state index contributed by atoms with van der Waals surface area (Å²) >= 11 is 1.49. The first kappa shape index (κ1) is 10.7. The largest absolute Gasteiger partial charge is 0.328 e. The molecule has 1 heterocycles. The maximum Gasteiger partial charge on any atom is 0.264 e. The lowest BCUT2D eigenvalue weighted by atomic mass is 10.3. The number of hydrogen-bond donors (Lipinski definition) is 0. The Hall–Kier alpha value is -1.34. The first-order valence-electron chi connectivity index (χ1n) is 4.40. The summed E-state index contributed by atoms with van der Waals surface area (Å²) in [5, 5.41) is 8.44. The predicted molar refractivity (Wildman–Crippen MR) is 56.3 cm³/mol. The fourth-order valence-electron chi connectivity index (χ4n) is 1.05. The summed E-state index contributed by atoms with van der Waals surface area (Å²) in [5.74, 6) is -0.0729. The molecule has 14 heavy (non-hydrogen) atoms. The number of nitriles is 1. The van der Waals surface area contributed by atoms with Gasteiger partial charge < -0.3 is 4.90 Å². The van der Waals surface area contributed by atoms with Crippen LogP contribution in [0.2, 0.25) is 0 Å². The van der Waals surface area contributed by atoms with Crippen LogP contribution in [0.1, 0.15) is 21.5 Å². The molecule has 0 aliphatic heterocycles. The van der Waals surface area contributed by atoms with Crippen LogP contribution in [0.5, 0.6) is 0 Å². The molecule has 0 atom stereocenters. The van der Waals surface area contributed by atoms with Gasteiger partial charge in [0.2, 0.25) is 0 Å². The zero-order valence-electron chi connectivity index (χ0n) is 8.28. The van der Waals surface area contributed by atoms with Gasteiger partial charge in [-0.15, -0.1) is 11.3 Å². The minimum Gasteiger partial charge on any atom is -0.328 e. The zero-order valence-corrected chi connectivity index (χ0v) is 9.10. The van der Waals surface area contributed by atoms with Crippen molar-refractivity contribution in [3.63, 3.8) is 0 Å². The monoisotopic (exact) mass is 208 g/mol. The minimum absolute atomic E-state index is 0.0729. The van der Waals surface area contributed by atoms with Crippen molar-refractivity contribution >= 4 is 17.2 Å². The van der Waals surface area contributed by atoms with Crippen LogP contribution in [0, 0.1) is 11.3 Å². The molecule has 0 fully saturated rings. The van der Waals surface area contributed by atoms with Crippen LogP contribution < -0.4 is 0 Å². The highest BCUT2D eigenvalue weighted by Crippen LogP contribution is 2.18. The molecule has 4 heteroatoms. The third-order valence-electron chi connectivity index (χ3n) is 1.88. The molecule has 0 unspecified atom stereocenters. The van der Waals surface area contributed by atoms with Gasteiger partial charge in [0.25, 0.3) is 5.91 Å².